The summed E-state index contributed by atoms with van der Waals surface area (Å²) in [6.45, 7) is 0. The van der Waals surface area contributed by atoms with Gasteiger partial charge in [-0.05, 0) is 30.3 Å². The zero-order valence-electron chi connectivity index (χ0n) is 12.7. The first-order chi connectivity index (χ1) is 11.4. The number of aromatic nitrogens is 1. The minimum atomic E-state index is -3.90. The van der Waals surface area contributed by atoms with E-state index in [1.54, 1.807) is 18.2 Å². The maximum absolute atomic E-state index is 12.5. The van der Waals surface area contributed by atoms with Gasteiger partial charge >= 0.3 is 6.01 Å². The fraction of sp³-hybridized carbons (Fsp3) is 0.133. The highest BCUT2D eigenvalue weighted by Gasteiger charge is 2.20. The molecule has 9 heteroatoms. The summed E-state index contributed by atoms with van der Waals surface area (Å²) in [5.74, 6) is 0.720. The standard InChI is InChI=1S/C15H13ClN2O5S/c1-21-13-6-4-10(8-14(13)22-2)24(19,20)18-15-17-11-7-9(16)3-5-12(11)23-15/h3-8H,1-2H3,(H,17,18). The van der Waals surface area contributed by atoms with E-state index in [4.69, 9.17) is 25.5 Å². The number of anilines is 1. The lowest BCUT2D eigenvalue weighted by atomic mass is 10.3. The van der Waals surface area contributed by atoms with Gasteiger partial charge in [-0.1, -0.05) is 11.6 Å². The van der Waals surface area contributed by atoms with Gasteiger partial charge in [-0.3, -0.25) is 0 Å². The molecule has 3 rings (SSSR count). The third-order valence-electron chi connectivity index (χ3n) is 3.24. The number of hydrogen-bond donors (Lipinski definition) is 1. The van der Waals surface area contributed by atoms with Crippen LogP contribution in [0.15, 0.2) is 45.7 Å². The Labute approximate surface area is 143 Å². The number of hydrogen-bond acceptors (Lipinski definition) is 6. The Morgan fingerprint density at radius 3 is 2.54 bits per heavy atom. The van der Waals surface area contributed by atoms with Gasteiger partial charge in [0.15, 0.2) is 17.1 Å². The van der Waals surface area contributed by atoms with E-state index in [-0.39, 0.29) is 10.9 Å². The summed E-state index contributed by atoms with van der Waals surface area (Å²) < 4.78 is 42.8. The molecule has 1 aromatic heterocycles. The smallest absolute Gasteiger partial charge is 0.309 e. The molecule has 0 radical (unpaired) electrons. The predicted octanol–water partition coefficient (Wildman–Crippen LogP) is 3.30. The zero-order chi connectivity index (χ0) is 17.3. The topological polar surface area (TPSA) is 90.7 Å². The lowest BCUT2D eigenvalue weighted by Crippen LogP contribution is -2.13. The molecule has 0 aliphatic rings. The highest BCUT2D eigenvalue weighted by Crippen LogP contribution is 2.30. The molecular formula is C15H13ClN2O5S. The van der Waals surface area contributed by atoms with Crippen LogP contribution in [0.25, 0.3) is 11.1 Å². The van der Waals surface area contributed by atoms with Gasteiger partial charge in [0.2, 0.25) is 0 Å². The van der Waals surface area contributed by atoms with Crippen molar-refractivity contribution in [3.05, 3.63) is 41.4 Å². The molecule has 0 unspecified atom stereocenters. The Bertz CT molecular complexity index is 1000. The van der Waals surface area contributed by atoms with Crippen molar-refractivity contribution in [1.82, 2.24) is 4.98 Å². The summed E-state index contributed by atoms with van der Waals surface area (Å²) in [6, 6.07) is 8.90. The van der Waals surface area contributed by atoms with Gasteiger partial charge in [-0.2, -0.15) is 4.98 Å². The highest BCUT2D eigenvalue weighted by atomic mass is 35.5. The first-order valence-electron chi connectivity index (χ1n) is 6.74. The largest absolute Gasteiger partial charge is 0.493 e. The number of halogens is 1. The second kappa shape index (κ2) is 6.21. The molecule has 1 heterocycles. The highest BCUT2D eigenvalue weighted by molar-refractivity contribution is 7.92. The SMILES string of the molecule is COc1ccc(S(=O)(=O)Nc2nc3cc(Cl)ccc3o2)cc1OC. The zero-order valence-corrected chi connectivity index (χ0v) is 14.3. The van der Waals surface area contributed by atoms with Crippen molar-refractivity contribution in [2.75, 3.05) is 18.9 Å². The molecule has 0 saturated carbocycles. The first-order valence-corrected chi connectivity index (χ1v) is 8.60. The third-order valence-corrected chi connectivity index (χ3v) is 4.79. The Kier molecular flexibility index (Phi) is 4.25. The molecule has 126 valence electrons. The lowest BCUT2D eigenvalue weighted by Gasteiger charge is -2.10. The summed E-state index contributed by atoms with van der Waals surface area (Å²) in [4.78, 5) is 4.05. The third kappa shape index (κ3) is 3.10. The van der Waals surface area contributed by atoms with Gasteiger partial charge in [0.05, 0.1) is 19.1 Å². The molecule has 2 aromatic carbocycles. The molecule has 0 spiro atoms. The van der Waals surface area contributed by atoms with Crippen LogP contribution < -0.4 is 14.2 Å². The average Bonchev–Trinajstić information content (AvgIpc) is 2.94. The van der Waals surface area contributed by atoms with Crippen LogP contribution in [0, 0.1) is 0 Å². The molecule has 0 fully saturated rings. The maximum Gasteiger partial charge on any atom is 0.309 e. The van der Waals surface area contributed by atoms with Gasteiger partial charge in [-0.15, -0.1) is 0 Å². The average molecular weight is 369 g/mol. The quantitative estimate of drug-likeness (QED) is 0.743. The van der Waals surface area contributed by atoms with Crippen LogP contribution in [0.3, 0.4) is 0 Å². The number of fused-ring (bicyclic) bond motifs is 1. The van der Waals surface area contributed by atoms with Crippen LogP contribution in [0.1, 0.15) is 0 Å². The van der Waals surface area contributed by atoms with Crippen molar-refractivity contribution in [3.63, 3.8) is 0 Å². The second-order valence-corrected chi connectivity index (χ2v) is 6.87. The van der Waals surface area contributed by atoms with E-state index in [0.717, 1.165) is 0 Å². The first kappa shape index (κ1) is 16.4. The monoisotopic (exact) mass is 368 g/mol. The Balaban J connectivity index is 1.95. The van der Waals surface area contributed by atoms with Gasteiger partial charge in [-0.25, -0.2) is 13.1 Å². The van der Waals surface area contributed by atoms with E-state index in [9.17, 15) is 8.42 Å². The predicted molar refractivity (Wildman–Crippen MR) is 89.4 cm³/mol. The molecule has 3 aromatic rings. The van der Waals surface area contributed by atoms with Crippen molar-refractivity contribution < 1.29 is 22.3 Å². The number of rotatable bonds is 5. The van der Waals surface area contributed by atoms with Crippen molar-refractivity contribution in [2.45, 2.75) is 4.90 Å². The molecule has 0 amide bonds. The summed E-state index contributed by atoms with van der Waals surface area (Å²) in [5.41, 5.74) is 0.872. The van der Waals surface area contributed by atoms with E-state index in [1.807, 2.05) is 0 Å². The molecule has 0 aliphatic carbocycles. The lowest BCUT2D eigenvalue weighted by molar-refractivity contribution is 0.354. The Morgan fingerprint density at radius 1 is 1.08 bits per heavy atom. The van der Waals surface area contributed by atoms with Gasteiger partial charge < -0.3 is 13.9 Å². The second-order valence-electron chi connectivity index (χ2n) is 4.75. The summed E-state index contributed by atoms with van der Waals surface area (Å²) in [5, 5.41) is 0.477. The maximum atomic E-state index is 12.5. The van der Waals surface area contributed by atoms with E-state index in [2.05, 4.69) is 9.71 Å². The van der Waals surface area contributed by atoms with Crippen LogP contribution in [0.5, 0.6) is 11.5 Å². The van der Waals surface area contributed by atoms with E-state index in [0.29, 0.717) is 27.6 Å². The minimum Gasteiger partial charge on any atom is -0.493 e. The number of nitrogens with zero attached hydrogens (tertiary/aromatic N) is 1. The molecule has 0 aliphatic heterocycles. The minimum absolute atomic E-state index is 0.0135. The van der Waals surface area contributed by atoms with E-state index < -0.39 is 10.0 Å². The van der Waals surface area contributed by atoms with Crippen molar-refractivity contribution in [2.24, 2.45) is 0 Å². The number of oxazole rings is 1. The van der Waals surface area contributed by atoms with Gasteiger partial charge in [0.25, 0.3) is 10.0 Å². The van der Waals surface area contributed by atoms with E-state index >= 15 is 0 Å². The molecular weight excluding hydrogens is 356 g/mol. The number of sulfonamides is 1. The Hall–Kier alpha value is -2.45. The molecule has 0 saturated heterocycles. The molecule has 7 nitrogen and oxygen atoms in total. The fourth-order valence-corrected chi connectivity index (χ4v) is 3.21. The fourth-order valence-electron chi connectivity index (χ4n) is 2.10. The van der Waals surface area contributed by atoms with Crippen LogP contribution in [0.4, 0.5) is 6.01 Å². The van der Waals surface area contributed by atoms with Crippen LogP contribution in [-0.4, -0.2) is 27.6 Å². The van der Waals surface area contributed by atoms with Gasteiger partial charge in [0, 0.05) is 11.1 Å². The number of nitrogens with one attached hydrogen (secondary N) is 1. The Morgan fingerprint density at radius 2 is 1.83 bits per heavy atom. The summed E-state index contributed by atoms with van der Waals surface area (Å²) in [7, 11) is -1.01. The number of benzene rings is 2. The van der Waals surface area contributed by atoms with Gasteiger partial charge in [0.1, 0.15) is 5.52 Å². The van der Waals surface area contributed by atoms with Crippen molar-refractivity contribution >= 4 is 38.7 Å². The molecule has 1 N–H and O–H groups in total. The molecule has 24 heavy (non-hydrogen) atoms. The number of methoxy groups -OCH3 is 2. The normalized spacial score (nSPS) is 11.5. The molecule has 0 atom stereocenters. The number of ether oxygens (including phenoxy) is 2. The molecule has 0 bridgehead atoms. The summed E-state index contributed by atoms with van der Waals surface area (Å²) in [6.07, 6.45) is 0. The van der Waals surface area contributed by atoms with Crippen LogP contribution in [-0.2, 0) is 10.0 Å². The van der Waals surface area contributed by atoms with Crippen LogP contribution in [0.2, 0.25) is 5.02 Å². The van der Waals surface area contributed by atoms with E-state index in [1.165, 1.54) is 32.4 Å². The van der Waals surface area contributed by atoms with Crippen molar-refractivity contribution in [1.29, 1.82) is 0 Å². The van der Waals surface area contributed by atoms with Crippen LogP contribution >= 0.6 is 11.6 Å². The van der Waals surface area contributed by atoms with Crippen molar-refractivity contribution in [3.8, 4) is 11.5 Å². The summed E-state index contributed by atoms with van der Waals surface area (Å²) >= 11 is 5.87.